The molecule has 0 unspecified atom stereocenters. The molecule has 2 aromatic rings. The molecule has 2 aliphatic heterocycles. The molecule has 0 aromatic heterocycles. The van der Waals surface area contributed by atoms with Gasteiger partial charge in [-0.25, -0.2) is 4.79 Å². The van der Waals surface area contributed by atoms with E-state index in [9.17, 15) is 4.79 Å². The highest BCUT2D eigenvalue weighted by Crippen LogP contribution is 2.24. The fourth-order valence-electron chi connectivity index (χ4n) is 3.40. The fraction of sp³-hybridized carbons (Fsp3) is 0.350. The van der Waals surface area contributed by atoms with E-state index in [1.54, 1.807) is 0 Å². The summed E-state index contributed by atoms with van der Waals surface area (Å²) in [6.07, 6.45) is 2.35. The first-order valence-corrected chi connectivity index (χ1v) is 8.88. The zero-order valence-corrected chi connectivity index (χ0v) is 14.2. The van der Waals surface area contributed by atoms with Crippen LogP contribution in [-0.2, 0) is 13.1 Å². The summed E-state index contributed by atoms with van der Waals surface area (Å²) in [7, 11) is 0. The van der Waals surface area contributed by atoms with Crippen molar-refractivity contribution in [1.82, 2.24) is 10.2 Å². The molecule has 1 saturated heterocycles. The largest absolute Gasteiger partial charge is 0.490 e. The Labute approximate surface area is 148 Å². The van der Waals surface area contributed by atoms with Crippen molar-refractivity contribution in [3.63, 3.8) is 0 Å². The van der Waals surface area contributed by atoms with Crippen molar-refractivity contribution in [1.29, 1.82) is 0 Å². The molecule has 0 aliphatic carbocycles. The van der Waals surface area contributed by atoms with E-state index in [0.29, 0.717) is 13.1 Å². The van der Waals surface area contributed by atoms with E-state index in [2.05, 4.69) is 22.8 Å². The molecule has 0 spiro atoms. The third-order valence-electron chi connectivity index (χ3n) is 4.82. The zero-order valence-electron chi connectivity index (χ0n) is 14.2. The Morgan fingerprint density at radius 1 is 1.00 bits per heavy atom. The fourth-order valence-corrected chi connectivity index (χ4v) is 3.40. The predicted molar refractivity (Wildman–Crippen MR) is 97.7 cm³/mol. The van der Waals surface area contributed by atoms with Crippen LogP contribution in [0.4, 0.5) is 10.5 Å². The maximum Gasteiger partial charge on any atom is 0.322 e. The van der Waals surface area contributed by atoms with Crippen molar-refractivity contribution >= 4 is 11.7 Å². The lowest BCUT2D eigenvalue weighted by Crippen LogP contribution is -2.34. The molecule has 1 fully saturated rings. The Kier molecular flexibility index (Phi) is 4.57. The molecule has 5 nitrogen and oxygen atoms in total. The van der Waals surface area contributed by atoms with E-state index in [1.165, 1.54) is 11.1 Å². The smallest absolute Gasteiger partial charge is 0.322 e. The van der Waals surface area contributed by atoms with Crippen LogP contribution in [0.1, 0.15) is 24.0 Å². The summed E-state index contributed by atoms with van der Waals surface area (Å²) in [6, 6.07) is 15.8. The van der Waals surface area contributed by atoms with E-state index in [1.807, 2.05) is 41.3 Å². The summed E-state index contributed by atoms with van der Waals surface area (Å²) in [5.41, 5.74) is 3.24. The van der Waals surface area contributed by atoms with Crippen LogP contribution >= 0.6 is 0 Å². The molecule has 25 heavy (non-hydrogen) atoms. The molecule has 2 amide bonds. The van der Waals surface area contributed by atoms with Gasteiger partial charge in [0, 0.05) is 18.8 Å². The van der Waals surface area contributed by atoms with Crippen LogP contribution in [0.15, 0.2) is 48.5 Å². The molecule has 2 heterocycles. The van der Waals surface area contributed by atoms with Gasteiger partial charge in [-0.3, -0.25) is 0 Å². The summed E-state index contributed by atoms with van der Waals surface area (Å²) in [5.74, 6) is 0.860. The van der Waals surface area contributed by atoms with Gasteiger partial charge in [0.1, 0.15) is 11.9 Å². The number of urea groups is 1. The van der Waals surface area contributed by atoms with Crippen molar-refractivity contribution in [3.8, 4) is 5.75 Å². The molecule has 0 bridgehead atoms. The third-order valence-corrected chi connectivity index (χ3v) is 4.82. The maximum absolute atomic E-state index is 12.5. The topological polar surface area (TPSA) is 53.6 Å². The first-order chi connectivity index (χ1) is 12.3. The molecule has 2 aliphatic rings. The van der Waals surface area contributed by atoms with Gasteiger partial charge in [0.25, 0.3) is 0 Å². The number of hydrogen-bond donors (Lipinski definition) is 2. The molecule has 4 rings (SSSR count). The molecule has 0 radical (unpaired) electrons. The van der Waals surface area contributed by atoms with Crippen molar-refractivity contribution in [2.24, 2.45) is 0 Å². The summed E-state index contributed by atoms with van der Waals surface area (Å²) in [4.78, 5) is 14.3. The van der Waals surface area contributed by atoms with Gasteiger partial charge in [0.15, 0.2) is 0 Å². The number of fused-ring (bicyclic) bond motifs is 1. The zero-order chi connectivity index (χ0) is 17.1. The normalized spacial score (nSPS) is 17.2. The lowest BCUT2D eigenvalue weighted by molar-refractivity contribution is 0.162. The van der Waals surface area contributed by atoms with E-state index in [-0.39, 0.29) is 12.1 Å². The predicted octanol–water partition coefficient (Wildman–Crippen LogP) is 3.37. The Balaban J connectivity index is 1.33. The van der Waals surface area contributed by atoms with E-state index in [4.69, 9.17) is 4.74 Å². The number of benzene rings is 2. The average molecular weight is 337 g/mol. The molecule has 5 heteroatoms. The summed E-state index contributed by atoms with van der Waals surface area (Å²) < 4.78 is 5.99. The van der Waals surface area contributed by atoms with Crippen molar-refractivity contribution in [3.05, 3.63) is 59.7 Å². The molecule has 130 valence electrons. The lowest BCUT2D eigenvalue weighted by atomic mass is 10.1. The Morgan fingerprint density at radius 2 is 1.64 bits per heavy atom. The second kappa shape index (κ2) is 7.15. The Morgan fingerprint density at radius 3 is 2.28 bits per heavy atom. The molecule has 0 atom stereocenters. The quantitative estimate of drug-likeness (QED) is 0.903. The highest BCUT2D eigenvalue weighted by Gasteiger charge is 2.22. The van der Waals surface area contributed by atoms with Crippen LogP contribution in [-0.4, -0.2) is 30.1 Å². The Bertz CT molecular complexity index is 714. The van der Waals surface area contributed by atoms with Crippen molar-refractivity contribution < 1.29 is 9.53 Å². The number of carbonyl (C=O) groups is 1. The minimum Gasteiger partial charge on any atom is -0.490 e. The van der Waals surface area contributed by atoms with Gasteiger partial charge < -0.3 is 20.3 Å². The number of anilines is 1. The number of ether oxygens (including phenoxy) is 1. The number of rotatable bonds is 3. The molecular formula is C20H23N3O2. The molecule has 0 saturated carbocycles. The van der Waals surface area contributed by atoms with Crippen LogP contribution in [0.5, 0.6) is 5.75 Å². The molecular weight excluding hydrogens is 314 g/mol. The Hall–Kier alpha value is -2.53. The standard InChI is InChI=1S/C20H23N3O2/c24-20(23-13-15-3-1-2-4-16(15)14-23)22-17-5-7-18(8-6-17)25-19-9-11-21-12-10-19/h1-8,19,21H,9-14H2,(H,22,24). The molecule has 2 aromatic carbocycles. The van der Waals surface area contributed by atoms with Gasteiger partial charge in [-0.05, 0) is 61.3 Å². The first-order valence-electron chi connectivity index (χ1n) is 8.88. The van der Waals surface area contributed by atoms with Crippen molar-refractivity contribution in [2.45, 2.75) is 32.0 Å². The van der Waals surface area contributed by atoms with Gasteiger partial charge in [0.05, 0.1) is 0 Å². The SMILES string of the molecule is O=C(Nc1ccc(OC2CCNCC2)cc1)N1Cc2ccccc2C1. The van der Waals surface area contributed by atoms with Crippen LogP contribution < -0.4 is 15.4 Å². The van der Waals surface area contributed by atoms with Crippen LogP contribution in [0.3, 0.4) is 0 Å². The second-order valence-electron chi connectivity index (χ2n) is 6.65. The number of amides is 2. The van der Waals surface area contributed by atoms with Gasteiger partial charge in [-0.1, -0.05) is 24.3 Å². The van der Waals surface area contributed by atoms with Gasteiger partial charge in [0.2, 0.25) is 0 Å². The van der Waals surface area contributed by atoms with Gasteiger partial charge >= 0.3 is 6.03 Å². The summed E-state index contributed by atoms with van der Waals surface area (Å²) in [6.45, 7) is 3.35. The number of nitrogens with one attached hydrogen (secondary N) is 2. The van der Waals surface area contributed by atoms with Crippen LogP contribution in [0.25, 0.3) is 0 Å². The third kappa shape index (κ3) is 3.77. The average Bonchev–Trinajstić information content (AvgIpc) is 3.09. The summed E-state index contributed by atoms with van der Waals surface area (Å²) >= 11 is 0. The number of carbonyl (C=O) groups excluding carboxylic acids is 1. The summed E-state index contributed by atoms with van der Waals surface area (Å²) in [5, 5.41) is 6.30. The monoisotopic (exact) mass is 337 g/mol. The number of nitrogens with zero attached hydrogens (tertiary/aromatic N) is 1. The van der Waals surface area contributed by atoms with E-state index < -0.39 is 0 Å². The highest BCUT2D eigenvalue weighted by atomic mass is 16.5. The highest BCUT2D eigenvalue weighted by molar-refractivity contribution is 5.89. The van der Waals surface area contributed by atoms with Gasteiger partial charge in [-0.2, -0.15) is 0 Å². The first kappa shape index (κ1) is 16.0. The van der Waals surface area contributed by atoms with Gasteiger partial charge in [-0.15, -0.1) is 0 Å². The van der Waals surface area contributed by atoms with Crippen LogP contribution in [0, 0.1) is 0 Å². The minimum absolute atomic E-state index is 0.0665. The lowest BCUT2D eigenvalue weighted by Gasteiger charge is -2.24. The minimum atomic E-state index is -0.0665. The number of piperidine rings is 1. The maximum atomic E-state index is 12.5. The second-order valence-corrected chi connectivity index (χ2v) is 6.65. The van der Waals surface area contributed by atoms with E-state index >= 15 is 0 Å². The van der Waals surface area contributed by atoms with Crippen molar-refractivity contribution in [2.75, 3.05) is 18.4 Å². The number of hydrogen-bond acceptors (Lipinski definition) is 3. The van der Waals surface area contributed by atoms with E-state index in [0.717, 1.165) is 37.4 Å². The molecule has 2 N–H and O–H groups in total. The van der Waals surface area contributed by atoms with Crippen LogP contribution in [0.2, 0.25) is 0 Å².